The zero-order chi connectivity index (χ0) is 11.0. The van der Waals surface area contributed by atoms with Gasteiger partial charge < -0.3 is 5.11 Å². The van der Waals surface area contributed by atoms with Crippen LogP contribution in [-0.4, -0.2) is 30.9 Å². The van der Waals surface area contributed by atoms with Gasteiger partial charge in [0.1, 0.15) is 6.17 Å². The van der Waals surface area contributed by atoms with E-state index in [0.717, 1.165) is 0 Å². The maximum absolute atomic E-state index is 12.4. The van der Waals surface area contributed by atoms with Crippen LogP contribution in [0, 0.1) is 0 Å². The molecule has 86 valence electrons. The summed E-state index contributed by atoms with van der Waals surface area (Å²) < 4.78 is 50.2. The van der Waals surface area contributed by atoms with Crippen molar-refractivity contribution < 1.29 is 27.4 Å². The van der Waals surface area contributed by atoms with Gasteiger partial charge in [-0.15, -0.1) is 13.2 Å². The molecule has 0 aliphatic carbocycles. The summed E-state index contributed by atoms with van der Waals surface area (Å²) in [7, 11) is 0. The molecule has 0 aromatic carbocycles. The monoisotopic (exact) mass is 218 g/mol. The van der Waals surface area contributed by atoms with Crippen molar-refractivity contribution in [2.75, 3.05) is 13.2 Å². The van der Waals surface area contributed by atoms with Crippen LogP contribution in [0.3, 0.4) is 0 Å². The average Bonchev–Trinajstić information content (AvgIpc) is 2.08. The van der Waals surface area contributed by atoms with Crippen LogP contribution in [-0.2, 0) is 4.74 Å². The molecule has 0 radical (unpaired) electrons. The molecule has 0 rings (SSSR count). The van der Waals surface area contributed by atoms with Crippen molar-refractivity contribution in [3.8, 4) is 0 Å². The SMILES string of the molecule is OCC(F)CCCCCOC(F)(F)F. The highest BCUT2D eigenvalue weighted by atomic mass is 19.4. The number of aliphatic hydroxyl groups is 1. The number of hydrogen-bond donors (Lipinski definition) is 1. The standard InChI is InChI=1S/C8H14F4O2/c9-7(6-13)4-2-1-3-5-14-8(10,11)12/h7,13H,1-6H2. The fourth-order valence-electron chi connectivity index (χ4n) is 0.924. The van der Waals surface area contributed by atoms with Crippen molar-refractivity contribution in [3.05, 3.63) is 0 Å². The molecule has 0 aliphatic heterocycles. The first-order valence-electron chi connectivity index (χ1n) is 4.41. The van der Waals surface area contributed by atoms with Gasteiger partial charge in [-0.3, -0.25) is 4.74 Å². The first-order valence-corrected chi connectivity index (χ1v) is 4.41. The van der Waals surface area contributed by atoms with E-state index >= 15 is 0 Å². The molecule has 1 N–H and O–H groups in total. The van der Waals surface area contributed by atoms with Crippen LogP contribution in [0.15, 0.2) is 0 Å². The first kappa shape index (κ1) is 13.6. The van der Waals surface area contributed by atoms with Gasteiger partial charge >= 0.3 is 6.36 Å². The molecule has 0 saturated carbocycles. The third-order valence-electron chi connectivity index (χ3n) is 1.63. The lowest BCUT2D eigenvalue weighted by molar-refractivity contribution is -0.324. The Balaban J connectivity index is 3.14. The van der Waals surface area contributed by atoms with Gasteiger partial charge in [-0.1, -0.05) is 12.8 Å². The van der Waals surface area contributed by atoms with Crippen LogP contribution in [0.1, 0.15) is 25.7 Å². The number of aliphatic hydroxyl groups excluding tert-OH is 1. The van der Waals surface area contributed by atoms with Gasteiger partial charge in [-0.25, -0.2) is 4.39 Å². The molecular weight excluding hydrogens is 204 g/mol. The smallest absolute Gasteiger partial charge is 0.393 e. The molecule has 1 unspecified atom stereocenters. The predicted octanol–water partition coefficient (Wildman–Crippen LogP) is 2.41. The molecule has 6 heteroatoms. The van der Waals surface area contributed by atoms with Crippen LogP contribution >= 0.6 is 0 Å². The van der Waals surface area contributed by atoms with E-state index in [0.29, 0.717) is 12.8 Å². The molecule has 14 heavy (non-hydrogen) atoms. The lowest BCUT2D eigenvalue weighted by Gasteiger charge is -2.07. The first-order chi connectivity index (χ1) is 6.45. The van der Waals surface area contributed by atoms with E-state index in [-0.39, 0.29) is 19.4 Å². The lowest BCUT2D eigenvalue weighted by atomic mass is 10.1. The minimum Gasteiger partial charge on any atom is -0.393 e. The minimum atomic E-state index is -4.58. The molecule has 0 saturated heterocycles. The van der Waals surface area contributed by atoms with Crippen molar-refractivity contribution in [1.82, 2.24) is 0 Å². The fraction of sp³-hybridized carbons (Fsp3) is 1.00. The Labute approximate surface area is 79.9 Å². The molecule has 1 atom stereocenters. The number of alkyl halides is 4. The van der Waals surface area contributed by atoms with Gasteiger partial charge in [0.25, 0.3) is 0 Å². The maximum Gasteiger partial charge on any atom is 0.522 e. The Morgan fingerprint density at radius 3 is 2.29 bits per heavy atom. The van der Waals surface area contributed by atoms with Gasteiger partial charge in [-0.05, 0) is 12.8 Å². The van der Waals surface area contributed by atoms with E-state index in [4.69, 9.17) is 5.11 Å². The van der Waals surface area contributed by atoms with E-state index in [1.54, 1.807) is 0 Å². The Hall–Kier alpha value is -0.360. The number of rotatable bonds is 7. The lowest BCUT2D eigenvalue weighted by Crippen LogP contribution is -2.14. The molecular formula is C8H14F4O2. The van der Waals surface area contributed by atoms with E-state index in [1.165, 1.54) is 0 Å². The van der Waals surface area contributed by atoms with Gasteiger partial charge in [-0.2, -0.15) is 0 Å². The molecule has 0 aliphatic rings. The molecule has 0 spiro atoms. The molecule has 0 aromatic rings. The summed E-state index contributed by atoms with van der Waals surface area (Å²) in [6.07, 6.45) is -4.48. The fourth-order valence-corrected chi connectivity index (χ4v) is 0.924. The number of ether oxygens (including phenoxy) is 1. The van der Waals surface area contributed by atoms with Gasteiger partial charge in [0.15, 0.2) is 0 Å². The second-order valence-corrected chi connectivity index (χ2v) is 2.92. The molecule has 0 amide bonds. The van der Waals surface area contributed by atoms with E-state index in [1.807, 2.05) is 0 Å². The predicted molar refractivity (Wildman–Crippen MR) is 42.5 cm³/mol. The maximum atomic E-state index is 12.4. The number of halogens is 4. The van der Waals surface area contributed by atoms with Crippen molar-refractivity contribution in [1.29, 1.82) is 0 Å². The highest BCUT2D eigenvalue weighted by Gasteiger charge is 2.28. The average molecular weight is 218 g/mol. The van der Waals surface area contributed by atoms with Crippen LogP contribution in [0.4, 0.5) is 17.6 Å². The molecule has 0 fully saturated rings. The van der Waals surface area contributed by atoms with E-state index in [9.17, 15) is 17.6 Å². The number of hydrogen-bond acceptors (Lipinski definition) is 2. The summed E-state index contributed by atoms with van der Waals surface area (Å²) in [6.45, 7) is -0.918. The highest BCUT2D eigenvalue weighted by Crippen LogP contribution is 2.17. The second kappa shape index (κ2) is 7.00. The van der Waals surface area contributed by atoms with E-state index < -0.39 is 19.1 Å². The Morgan fingerprint density at radius 1 is 1.14 bits per heavy atom. The highest BCUT2D eigenvalue weighted by molar-refractivity contribution is 4.53. The summed E-state index contributed by atoms with van der Waals surface area (Å²) in [5.74, 6) is 0. The summed E-state index contributed by atoms with van der Waals surface area (Å²) >= 11 is 0. The third kappa shape index (κ3) is 9.73. The zero-order valence-electron chi connectivity index (χ0n) is 7.69. The molecule has 0 aromatic heterocycles. The molecule has 2 nitrogen and oxygen atoms in total. The minimum absolute atomic E-state index is 0.183. The van der Waals surface area contributed by atoms with Crippen molar-refractivity contribution in [3.63, 3.8) is 0 Å². The summed E-state index contributed by atoms with van der Waals surface area (Å²) in [5.41, 5.74) is 0. The van der Waals surface area contributed by atoms with Gasteiger partial charge in [0, 0.05) is 0 Å². The third-order valence-corrected chi connectivity index (χ3v) is 1.63. The van der Waals surface area contributed by atoms with Crippen molar-refractivity contribution in [2.24, 2.45) is 0 Å². The van der Waals surface area contributed by atoms with Crippen LogP contribution < -0.4 is 0 Å². The molecule has 0 heterocycles. The zero-order valence-corrected chi connectivity index (χ0v) is 7.69. The van der Waals surface area contributed by atoms with Gasteiger partial charge in [0.05, 0.1) is 13.2 Å². The Bertz CT molecular complexity index is 138. The molecule has 0 bridgehead atoms. The quantitative estimate of drug-likeness (QED) is 0.525. The topological polar surface area (TPSA) is 29.5 Å². The van der Waals surface area contributed by atoms with Crippen LogP contribution in [0.25, 0.3) is 0 Å². The second-order valence-electron chi connectivity index (χ2n) is 2.92. The summed E-state index contributed by atoms with van der Waals surface area (Å²) in [6, 6.07) is 0. The summed E-state index contributed by atoms with van der Waals surface area (Å²) in [5, 5.41) is 8.30. The van der Waals surface area contributed by atoms with Gasteiger partial charge in [0.2, 0.25) is 0 Å². The van der Waals surface area contributed by atoms with Crippen molar-refractivity contribution in [2.45, 2.75) is 38.2 Å². The van der Waals surface area contributed by atoms with Crippen LogP contribution in [0.5, 0.6) is 0 Å². The normalized spacial score (nSPS) is 14.4. The Morgan fingerprint density at radius 2 is 1.79 bits per heavy atom. The largest absolute Gasteiger partial charge is 0.522 e. The Kier molecular flexibility index (Phi) is 6.82. The van der Waals surface area contributed by atoms with Crippen molar-refractivity contribution >= 4 is 0 Å². The van der Waals surface area contributed by atoms with E-state index in [2.05, 4.69) is 4.74 Å². The summed E-state index contributed by atoms with van der Waals surface area (Å²) in [4.78, 5) is 0. The number of unbranched alkanes of at least 4 members (excludes halogenated alkanes) is 2. The van der Waals surface area contributed by atoms with Crippen LogP contribution in [0.2, 0.25) is 0 Å².